The normalized spacial score (nSPS) is 38.7. The highest BCUT2D eigenvalue weighted by atomic mass is 31.2. The molecule has 3 fully saturated rings. The van der Waals surface area contributed by atoms with Crippen molar-refractivity contribution >= 4 is 7.60 Å². The van der Waals surface area contributed by atoms with E-state index in [0.717, 1.165) is 38.5 Å². The number of aliphatic hydroxyl groups excluding tert-OH is 1. The molecule has 0 aromatic rings. The summed E-state index contributed by atoms with van der Waals surface area (Å²) in [6, 6.07) is 0. The van der Waals surface area contributed by atoms with Crippen molar-refractivity contribution in [2.24, 2.45) is 35.5 Å². The third-order valence-electron chi connectivity index (χ3n) is 8.17. The molecule has 0 spiro atoms. The van der Waals surface area contributed by atoms with E-state index in [-0.39, 0.29) is 18.8 Å². The summed E-state index contributed by atoms with van der Waals surface area (Å²) in [5, 5.41) is 11.4. The van der Waals surface area contributed by atoms with Gasteiger partial charge in [0.25, 0.3) is 0 Å². The van der Waals surface area contributed by atoms with Crippen molar-refractivity contribution < 1.29 is 28.2 Å². The lowest BCUT2D eigenvalue weighted by Gasteiger charge is -2.43. The van der Waals surface area contributed by atoms with Crippen LogP contribution in [0.4, 0.5) is 0 Å². The van der Waals surface area contributed by atoms with Crippen LogP contribution in [0.15, 0.2) is 0 Å². The Hall–Kier alpha value is 0.0300. The summed E-state index contributed by atoms with van der Waals surface area (Å²) in [5.74, 6) is 0.234. The van der Waals surface area contributed by atoms with E-state index in [9.17, 15) is 9.67 Å². The minimum absolute atomic E-state index is 0.175. The molecule has 2 aliphatic carbocycles. The highest BCUT2D eigenvalue weighted by Gasteiger charge is 2.51. The summed E-state index contributed by atoms with van der Waals surface area (Å²) in [6.45, 7) is 17.0. The molecule has 1 heterocycles. The van der Waals surface area contributed by atoms with E-state index in [1.54, 1.807) is 0 Å². The van der Waals surface area contributed by atoms with Crippen LogP contribution in [0.2, 0.25) is 0 Å². The molecule has 6 nitrogen and oxygen atoms in total. The monoisotopic (exact) mass is 488 g/mol. The molecule has 2 saturated carbocycles. The Kier molecular flexibility index (Phi) is 9.18. The van der Waals surface area contributed by atoms with Crippen molar-refractivity contribution in [2.75, 3.05) is 6.61 Å². The van der Waals surface area contributed by atoms with Crippen LogP contribution < -0.4 is 0 Å². The fourth-order valence-electron chi connectivity index (χ4n) is 6.06. The van der Waals surface area contributed by atoms with Crippen LogP contribution in [0, 0.1) is 35.5 Å². The van der Waals surface area contributed by atoms with Gasteiger partial charge in [0.1, 0.15) is 6.10 Å². The SMILES string of the molecule is CC(C)[C@H]1CC[C@@H](C)C[C@H]1OP(=O)(O[C@@H]1C[C@H](C)CC[C@@H]1C(C)C)[C@@H](O)[C@H]1COC(C)(C)O1. The van der Waals surface area contributed by atoms with Gasteiger partial charge in [-0.1, -0.05) is 54.4 Å². The molecule has 1 N–H and O–H groups in total. The lowest BCUT2D eigenvalue weighted by atomic mass is 9.75. The first-order valence-electron chi connectivity index (χ1n) is 13.3. The molecular formula is C26H49O6P. The molecule has 3 aliphatic rings. The third-order valence-corrected chi connectivity index (χ3v) is 10.3. The maximum Gasteiger partial charge on any atom is 0.362 e. The lowest BCUT2D eigenvalue weighted by Crippen LogP contribution is -2.40. The third kappa shape index (κ3) is 6.83. The van der Waals surface area contributed by atoms with Crippen molar-refractivity contribution in [2.45, 2.75) is 124 Å². The number of hydrogen-bond donors (Lipinski definition) is 1. The topological polar surface area (TPSA) is 74.2 Å². The minimum atomic E-state index is -3.91. The Bertz CT molecular complexity index is 642. The van der Waals surface area contributed by atoms with E-state index >= 15 is 0 Å². The molecule has 0 amide bonds. The smallest absolute Gasteiger partial charge is 0.362 e. The van der Waals surface area contributed by atoms with E-state index in [4.69, 9.17) is 18.5 Å². The van der Waals surface area contributed by atoms with E-state index in [0.29, 0.717) is 35.5 Å². The number of aliphatic hydroxyl groups is 1. The van der Waals surface area contributed by atoms with Crippen LogP contribution in [0.5, 0.6) is 0 Å². The zero-order valence-electron chi connectivity index (χ0n) is 22.2. The van der Waals surface area contributed by atoms with Gasteiger partial charge in [0.15, 0.2) is 11.6 Å². The molecule has 33 heavy (non-hydrogen) atoms. The Morgan fingerprint density at radius 3 is 1.70 bits per heavy atom. The Balaban J connectivity index is 1.89. The summed E-state index contributed by atoms with van der Waals surface area (Å²) in [7, 11) is -3.91. The summed E-state index contributed by atoms with van der Waals surface area (Å²) in [5.41, 5.74) is 0. The van der Waals surface area contributed by atoms with Gasteiger partial charge in [-0.2, -0.15) is 0 Å². The summed E-state index contributed by atoms with van der Waals surface area (Å²) in [4.78, 5) is 0. The summed E-state index contributed by atoms with van der Waals surface area (Å²) >= 11 is 0. The van der Waals surface area contributed by atoms with Gasteiger partial charge in [0, 0.05) is 0 Å². The van der Waals surface area contributed by atoms with Crippen molar-refractivity contribution in [3.63, 3.8) is 0 Å². The summed E-state index contributed by atoms with van der Waals surface area (Å²) in [6.07, 6.45) is 4.96. The molecule has 0 unspecified atom stereocenters. The fraction of sp³-hybridized carbons (Fsp3) is 1.00. The number of hydrogen-bond acceptors (Lipinski definition) is 6. The predicted molar refractivity (Wildman–Crippen MR) is 131 cm³/mol. The van der Waals surface area contributed by atoms with Gasteiger partial charge in [0.2, 0.25) is 0 Å². The van der Waals surface area contributed by atoms with E-state index in [1.807, 2.05) is 13.8 Å². The average Bonchev–Trinajstić information content (AvgIpc) is 3.06. The zero-order chi connectivity index (χ0) is 24.6. The van der Waals surface area contributed by atoms with Crippen LogP contribution >= 0.6 is 7.60 Å². The molecule has 194 valence electrons. The second-order valence-corrected chi connectivity index (χ2v) is 14.3. The van der Waals surface area contributed by atoms with Gasteiger partial charge < -0.3 is 23.6 Å². The predicted octanol–water partition coefficient (Wildman–Crippen LogP) is 6.60. The van der Waals surface area contributed by atoms with Crippen LogP contribution in [0.25, 0.3) is 0 Å². The first kappa shape index (κ1) is 27.6. The van der Waals surface area contributed by atoms with E-state index in [2.05, 4.69) is 41.5 Å². The minimum Gasteiger partial charge on any atom is -0.378 e. The molecule has 0 radical (unpaired) electrons. The van der Waals surface area contributed by atoms with E-state index < -0.39 is 25.3 Å². The van der Waals surface area contributed by atoms with Crippen molar-refractivity contribution in [3.05, 3.63) is 0 Å². The molecule has 0 bridgehead atoms. The van der Waals surface area contributed by atoms with Crippen molar-refractivity contribution in [3.8, 4) is 0 Å². The van der Waals surface area contributed by atoms with Crippen LogP contribution in [-0.2, 0) is 23.1 Å². The molecule has 7 heteroatoms. The molecular weight excluding hydrogens is 439 g/mol. The maximum atomic E-state index is 14.6. The van der Waals surface area contributed by atoms with Gasteiger partial charge in [-0.15, -0.1) is 0 Å². The number of rotatable bonds is 8. The van der Waals surface area contributed by atoms with Gasteiger partial charge in [-0.3, -0.25) is 4.57 Å². The van der Waals surface area contributed by atoms with Gasteiger partial charge in [0.05, 0.1) is 18.8 Å². The highest BCUT2D eigenvalue weighted by Crippen LogP contribution is 2.60. The second kappa shape index (κ2) is 11.0. The lowest BCUT2D eigenvalue weighted by molar-refractivity contribution is -0.147. The first-order valence-corrected chi connectivity index (χ1v) is 14.9. The molecule has 0 aromatic heterocycles. The Labute approximate surface area is 202 Å². The molecule has 8 atom stereocenters. The average molecular weight is 489 g/mol. The standard InChI is InChI=1S/C26H49O6P/c1-16(2)20-11-9-18(5)13-22(20)31-33(28,25(27)24-15-29-26(7,8)30-24)32-23-14-19(6)10-12-21(23)17(3)4/h16-25,27H,9-15H2,1-8H3/t18-,19-,20-,21-,22-,23-,24-,25-/m1/s1. The Morgan fingerprint density at radius 1 is 0.879 bits per heavy atom. The highest BCUT2D eigenvalue weighted by molar-refractivity contribution is 7.54. The van der Waals surface area contributed by atoms with Gasteiger partial charge in [-0.25, -0.2) is 0 Å². The largest absolute Gasteiger partial charge is 0.378 e. The molecule has 0 aromatic carbocycles. The zero-order valence-corrected chi connectivity index (χ0v) is 23.1. The molecule has 1 aliphatic heterocycles. The molecule has 1 saturated heterocycles. The van der Waals surface area contributed by atoms with Crippen LogP contribution in [0.3, 0.4) is 0 Å². The van der Waals surface area contributed by atoms with Crippen LogP contribution in [0.1, 0.15) is 93.9 Å². The Morgan fingerprint density at radius 2 is 1.33 bits per heavy atom. The number of ether oxygens (including phenoxy) is 2. The van der Waals surface area contributed by atoms with Gasteiger partial charge >= 0.3 is 7.60 Å². The maximum absolute atomic E-state index is 14.6. The quantitative estimate of drug-likeness (QED) is 0.388. The fourth-order valence-corrected chi connectivity index (χ4v) is 8.16. The first-order chi connectivity index (χ1) is 15.3. The summed E-state index contributed by atoms with van der Waals surface area (Å²) < 4.78 is 39.1. The van der Waals surface area contributed by atoms with Crippen molar-refractivity contribution in [1.82, 2.24) is 0 Å². The van der Waals surface area contributed by atoms with E-state index in [1.165, 1.54) is 0 Å². The van der Waals surface area contributed by atoms with Crippen molar-refractivity contribution in [1.29, 1.82) is 0 Å². The second-order valence-electron chi connectivity index (χ2n) is 12.3. The van der Waals surface area contributed by atoms with Gasteiger partial charge in [-0.05, 0) is 75.0 Å². The molecule has 3 rings (SSSR count). The van der Waals surface area contributed by atoms with Crippen LogP contribution in [-0.4, -0.2) is 41.7 Å².